The van der Waals surface area contributed by atoms with Crippen molar-refractivity contribution < 1.29 is 13.6 Å². The number of aromatic nitrogens is 1. The highest BCUT2D eigenvalue weighted by Gasteiger charge is 2.24. The summed E-state index contributed by atoms with van der Waals surface area (Å²) < 4.78 is 28.5. The number of fused-ring (bicyclic) bond motifs is 1. The lowest BCUT2D eigenvalue weighted by Crippen LogP contribution is -2.09. The Morgan fingerprint density at radius 3 is 2.71 bits per heavy atom. The molecule has 0 saturated carbocycles. The van der Waals surface area contributed by atoms with Gasteiger partial charge in [0, 0.05) is 27.1 Å². The number of rotatable bonds is 2. The van der Waals surface area contributed by atoms with Crippen molar-refractivity contribution >= 4 is 38.3 Å². The van der Waals surface area contributed by atoms with E-state index in [1.165, 1.54) is 6.20 Å². The average Bonchev–Trinajstić information content (AvgIpc) is 2.88. The largest absolute Gasteiger partial charge is 0.396 e. The van der Waals surface area contributed by atoms with E-state index in [1.54, 1.807) is 18.2 Å². The lowest BCUT2D eigenvalue weighted by atomic mass is 10.0. The minimum Gasteiger partial charge on any atom is -0.396 e. The summed E-state index contributed by atoms with van der Waals surface area (Å²) in [7, 11) is 0. The summed E-state index contributed by atoms with van der Waals surface area (Å²) in [6.07, 6.45) is 1.43. The molecule has 0 unspecified atom stereocenters. The van der Waals surface area contributed by atoms with Crippen LogP contribution in [0.3, 0.4) is 0 Å². The van der Waals surface area contributed by atoms with Crippen molar-refractivity contribution in [1.29, 1.82) is 0 Å². The van der Waals surface area contributed by atoms with E-state index < -0.39 is 23.0 Å². The third kappa shape index (κ3) is 2.12. The maximum Gasteiger partial charge on any atom is 0.201 e. The molecule has 0 aliphatic heterocycles. The Balaban J connectivity index is 2.25. The van der Waals surface area contributed by atoms with Gasteiger partial charge in [0.15, 0.2) is 5.82 Å². The quantitative estimate of drug-likeness (QED) is 0.541. The molecule has 0 bridgehead atoms. The number of hydrogen-bond acceptors (Lipinski definition) is 2. The SMILES string of the molecule is Nc1ccc(F)c(C(=O)c2c[nH]c3cccc(Br)c23)c1F. The van der Waals surface area contributed by atoms with Gasteiger partial charge in [0.1, 0.15) is 5.82 Å². The topological polar surface area (TPSA) is 58.9 Å². The zero-order chi connectivity index (χ0) is 15.1. The molecule has 0 saturated heterocycles. The number of anilines is 1. The van der Waals surface area contributed by atoms with Crippen LogP contribution in [0, 0.1) is 11.6 Å². The average molecular weight is 351 g/mol. The van der Waals surface area contributed by atoms with E-state index in [1.807, 2.05) is 0 Å². The normalized spacial score (nSPS) is 11.0. The summed E-state index contributed by atoms with van der Waals surface area (Å²) in [4.78, 5) is 15.4. The zero-order valence-electron chi connectivity index (χ0n) is 10.6. The first-order valence-corrected chi connectivity index (χ1v) is 6.83. The second kappa shape index (κ2) is 4.96. The molecule has 106 valence electrons. The lowest BCUT2D eigenvalue weighted by Gasteiger charge is -2.06. The van der Waals surface area contributed by atoms with Crippen molar-refractivity contribution in [3.63, 3.8) is 0 Å². The van der Waals surface area contributed by atoms with Crippen molar-refractivity contribution in [3.05, 3.63) is 63.8 Å². The Morgan fingerprint density at radius 1 is 1.19 bits per heavy atom. The van der Waals surface area contributed by atoms with Crippen LogP contribution in [0.1, 0.15) is 15.9 Å². The fraction of sp³-hybridized carbons (Fsp3) is 0. The van der Waals surface area contributed by atoms with Crippen molar-refractivity contribution in [3.8, 4) is 0 Å². The van der Waals surface area contributed by atoms with E-state index in [9.17, 15) is 13.6 Å². The molecular weight excluding hydrogens is 342 g/mol. The highest BCUT2D eigenvalue weighted by molar-refractivity contribution is 9.10. The van der Waals surface area contributed by atoms with Gasteiger partial charge in [0.25, 0.3) is 0 Å². The molecule has 0 radical (unpaired) electrons. The van der Waals surface area contributed by atoms with Crippen molar-refractivity contribution in [2.75, 3.05) is 5.73 Å². The number of aromatic amines is 1. The molecule has 3 aromatic rings. The van der Waals surface area contributed by atoms with Crippen LogP contribution in [0.25, 0.3) is 10.9 Å². The third-order valence-corrected chi connectivity index (χ3v) is 3.91. The Hall–Kier alpha value is -2.21. The molecule has 3 N–H and O–H groups in total. The second-order valence-corrected chi connectivity index (χ2v) is 5.37. The summed E-state index contributed by atoms with van der Waals surface area (Å²) in [5, 5.41) is 0.573. The Kier molecular flexibility index (Phi) is 3.25. The third-order valence-electron chi connectivity index (χ3n) is 3.25. The number of nitrogen functional groups attached to an aromatic ring is 1. The molecular formula is C15H9BrF2N2O. The van der Waals surface area contributed by atoms with Gasteiger partial charge >= 0.3 is 0 Å². The van der Waals surface area contributed by atoms with Crippen molar-refractivity contribution in [1.82, 2.24) is 4.98 Å². The van der Waals surface area contributed by atoms with Gasteiger partial charge in [0.05, 0.1) is 11.3 Å². The molecule has 21 heavy (non-hydrogen) atoms. The predicted molar refractivity (Wildman–Crippen MR) is 80.2 cm³/mol. The van der Waals surface area contributed by atoms with Crippen LogP contribution in [0.15, 0.2) is 41.0 Å². The first-order valence-electron chi connectivity index (χ1n) is 6.04. The molecule has 0 aliphatic rings. The maximum atomic E-state index is 14.0. The number of benzene rings is 2. The number of carbonyl (C=O) groups excluding carboxylic acids is 1. The van der Waals surface area contributed by atoms with Crippen LogP contribution < -0.4 is 5.73 Å². The fourth-order valence-corrected chi connectivity index (χ4v) is 2.81. The number of nitrogens with two attached hydrogens (primary N) is 1. The van der Waals surface area contributed by atoms with Gasteiger partial charge in [-0.05, 0) is 24.3 Å². The molecule has 1 aromatic heterocycles. The van der Waals surface area contributed by atoms with E-state index in [-0.39, 0.29) is 11.3 Å². The molecule has 6 heteroatoms. The summed E-state index contributed by atoms with van der Waals surface area (Å²) in [6.45, 7) is 0. The van der Waals surface area contributed by atoms with E-state index in [4.69, 9.17) is 5.73 Å². The molecule has 3 rings (SSSR count). The van der Waals surface area contributed by atoms with Crippen LogP contribution >= 0.6 is 15.9 Å². The van der Waals surface area contributed by atoms with E-state index >= 15 is 0 Å². The van der Waals surface area contributed by atoms with Crippen LogP contribution in [0.5, 0.6) is 0 Å². The maximum absolute atomic E-state index is 14.0. The Morgan fingerprint density at radius 2 is 1.95 bits per heavy atom. The second-order valence-electron chi connectivity index (χ2n) is 4.52. The summed E-state index contributed by atoms with van der Waals surface area (Å²) in [5.41, 5.74) is 5.37. The molecule has 0 spiro atoms. The predicted octanol–water partition coefficient (Wildman–Crippen LogP) is 4.02. The number of H-pyrrole nitrogens is 1. The molecule has 1 heterocycles. The first kappa shape index (κ1) is 13.8. The van der Waals surface area contributed by atoms with Crippen LogP contribution in [-0.4, -0.2) is 10.8 Å². The van der Waals surface area contributed by atoms with Gasteiger partial charge in [-0.3, -0.25) is 4.79 Å². The zero-order valence-corrected chi connectivity index (χ0v) is 12.2. The minimum atomic E-state index is -1.04. The number of carbonyl (C=O) groups is 1. The smallest absolute Gasteiger partial charge is 0.201 e. The molecule has 0 aliphatic carbocycles. The van der Waals surface area contributed by atoms with Gasteiger partial charge in [-0.2, -0.15) is 0 Å². The fourth-order valence-electron chi connectivity index (χ4n) is 2.23. The number of hydrogen-bond donors (Lipinski definition) is 2. The number of nitrogens with one attached hydrogen (secondary N) is 1. The van der Waals surface area contributed by atoms with Crippen molar-refractivity contribution in [2.24, 2.45) is 0 Å². The minimum absolute atomic E-state index is 0.181. The summed E-state index contributed by atoms with van der Waals surface area (Å²) in [6, 6.07) is 7.38. The highest BCUT2D eigenvalue weighted by atomic mass is 79.9. The molecule has 0 fully saturated rings. The Bertz CT molecular complexity index is 873. The van der Waals surface area contributed by atoms with Gasteiger partial charge in [-0.15, -0.1) is 0 Å². The van der Waals surface area contributed by atoms with E-state index in [0.29, 0.717) is 15.4 Å². The summed E-state index contributed by atoms with van der Waals surface area (Å²) in [5.74, 6) is -2.73. The Labute approximate surface area is 126 Å². The molecule has 3 nitrogen and oxygen atoms in total. The number of ketones is 1. The van der Waals surface area contributed by atoms with Gasteiger partial charge in [0.2, 0.25) is 5.78 Å². The van der Waals surface area contributed by atoms with Gasteiger partial charge in [-0.1, -0.05) is 22.0 Å². The highest BCUT2D eigenvalue weighted by Crippen LogP contribution is 2.30. The van der Waals surface area contributed by atoms with Gasteiger partial charge in [-0.25, -0.2) is 8.78 Å². The standard InChI is InChI=1S/C15H9BrF2N2O/c16-8-2-1-3-11-12(8)7(6-20-11)15(21)13-9(17)4-5-10(19)14(13)18/h1-6,20H,19H2. The number of halogens is 3. The van der Waals surface area contributed by atoms with Gasteiger partial charge < -0.3 is 10.7 Å². The van der Waals surface area contributed by atoms with E-state index in [2.05, 4.69) is 20.9 Å². The van der Waals surface area contributed by atoms with Crippen LogP contribution in [0.4, 0.5) is 14.5 Å². The molecule has 0 atom stereocenters. The molecule has 0 amide bonds. The summed E-state index contributed by atoms with van der Waals surface area (Å²) >= 11 is 3.33. The van der Waals surface area contributed by atoms with Crippen LogP contribution in [0.2, 0.25) is 0 Å². The molecule has 2 aromatic carbocycles. The lowest BCUT2D eigenvalue weighted by molar-refractivity contribution is 0.103. The van der Waals surface area contributed by atoms with Crippen LogP contribution in [-0.2, 0) is 0 Å². The monoisotopic (exact) mass is 350 g/mol. The van der Waals surface area contributed by atoms with E-state index in [0.717, 1.165) is 12.1 Å². The first-order chi connectivity index (χ1) is 10.0. The van der Waals surface area contributed by atoms with Crippen molar-refractivity contribution in [2.45, 2.75) is 0 Å².